The van der Waals surface area contributed by atoms with Gasteiger partial charge in [0.25, 0.3) is 5.91 Å². The van der Waals surface area contributed by atoms with Crippen molar-refractivity contribution in [3.63, 3.8) is 0 Å². The molecular formula is C26H20N2O5. The van der Waals surface area contributed by atoms with Crippen LogP contribution in [0.1, 0.15) is 38.8 Å². The molecule has 0 radical (unpaired) electrons. The number of hydrazone groups is 1. The Labute approximate surface area is 190 Å². The summed E-state index contributed by atoms with van der Waals surface area (Å²) in [6.45, 7) is 1.72. The quantitative estimate of drug-likeness (QED) is 0.452. The molecule has 7 nitrogen and oxygen atoms in total. The molecule has 1 aliphatic rings. The van der Waals surface area contributed by atoms with Gasteiger partial charge in [-0.05, 0) is 55.0 Å². The molecule has 3 aromatic rings. The Bertz CT molecular complexity index is 1310. The molecule has 0 bridgehead atoms. The first-order valence-corrected chi connectivity index (χ1v) is 10.1. The molecule has 7 heteroatoms. The van der Waals surface area contributed by atoms with Gasteiger partial charge in [-0.3, -0.25) is 9.59 Å². The number of carbonyl (C=O) groups excluding carboxylic acids is 2. The number of ketones is 1. The maximum atomic E-state index is 13.0. The Morgan fingerprint density at radius 2 is 1.67 bits per heavy atom. The molecule has 33 heavy (non-hydrogen) atoms. The Morgan fingerprint density at radius 3 is 2.30 bits per heavy atom. The van der Waals surface area contributed by atoms with Crippen molar-refractivity contribution < 1.29 is 24.2 Å². The van der Waals surface area contributed by atoms with E-state index in [1.54, 1.807) is 55.5 Å². The number of hydrogen-bond acceptors (Lipinski definition) is 5. The highest BCUT2D eigenvalue weighted by atomic mass is 16.5. The number of hydrogen-bond donors (Lipinski definition) is 1. The summed E-state index contributed by atoms with van der Waals surface area (Å²) in [5, 5.41) is 14.6. The topological polar surface area (TPSA) is 96.3 Å². The molecule has 1 amide bonds. The van der Waals surface area contributed by atoms with Gasteiger partial charge in [0.2, 0.25) is 0 Å². The third-order valence-electron chi connectivity index (χ3n) is 5.24. The van der Waals surface area contributed by atoms with Crippen molar-refractivity contribution in [1.29, 1.82) is 0 Å². The van der Waals surface area contributed by atoms with Gasteiger partial charge < -0.3 is 9.84 Å². The van der Waals surface area contributed by atoms with Crippen LogP contribution in [0.15, 0.2) is 83.5 Å². The number of rotatable bonds is 6. The zero-order valence-corrected chi connectivity index (χ0v) is 18.0. The highest BCUT2D eigenvalue weighted by Gasteiger charge is 2.29. The number of methoxy groups -OCH3 is 1. The second-order valence-electron chi connectivity index (χ2n) is 7.37. The van der Waals surface area contributed by atoms with E-state index in [1.165, 1.54) is 36.4 Å². The predicted molar refractivity (Wildman–Crippen MR) is 125 cm³/mol. The third-order valence-corrected chi connectivity index (χ3v) is 5.24. The van der Waals surface area contributed by atoms with Gasteiger partial charge in [0.05, 0.1) is 35.2 Å². The van der Waals surface area contributed by atoms with Crippen LogP contribution in [0.3, 0.4) is 0 Å². The number of carbonyl (C=O) groups is 3. The molecule has 4 rings (SSSR count). The standard InChI is InChI=1S/C26H20N2O5/c1-16-22(25(30)28(27-16)20-11-9-19(10-12-20)26(31)32)14-17-8-13-21(23(15-17)33-2)24(29)18-6-4-3-5-7-18/h3-15H,1-2H3,(H,31,32). The second kappa shape index (κ2) is 8.92. The molecule has 0 aromatic heterocycles. The summed E-state index contributed by atoms with van der Waals surface area (Å²) in [5.41, 5.74) is 3.16. The van der Waals surface area contributed by atoms with Crippen molar-refractivity contribution in [3.8, 4) is 5.75 Å². The predicted octanol–water partition coefficient (Wildman–Crippen LogP) is 4.43. The van der Waals surface area contributed by atoms with Gasteiger partial charge in [-0.1, -0.05) is 36.4 Å². The Kier molecular flexibility index (Phi) is 5.87. The summed E-state index contributed by atoms with van der Waals surface area (Å²) in [5.74, 6) is -1.13. The minimum absolute atomic E-state index is 0.124. The largest absolute Gasteiger partial charge is 0.496 e. The van der Waals surface area contributed by atoms with E-state index in [4.69, 9.17) is 9.84 Å². The number of benzene rings is 3. The maximum Gasteiger partial charge on any atom is 0.335 e. The van der Waals surface area contributed by atoms with Crippen molar-refractivity contribution in [2.45, 2.75) is 6.92 Å². The van der Waals surface area contributed by atoms with E-state index in [1.807, 2.05) is 6.07 Å². The molecule has 1 aliphatic heterocycles. The molecule has 3 aromatic carbocycles. The lowest BCUT2D eigenvalue weighted by Crippen LogP contribution is -2.21. The van der Waals surface area contributed by atoms with Gasteiger partial charge in [0.1, 0.15) is 5.75 Å². The van der Waals surface area contributed by atoms with Gasteiger partial charge in [0.15, 0.2) is 5.78 Å². The number of nitrogens with zero attached hydrogens (tertiary/aromatic N) is 2. The van der Waals surface area contributed by atoms with Crippen LogP contribution in [0.2, 0.25) is 0 Å². The van der Waals surface area contributed by atoms with E-state index in [0.717, 1.165) is 0 Å². The molecule has 1 N–H and O–H groups in total. The van der Waals surface area contributed by atoms with Crippen LogP contribution >= 0.6 is 0 Å². The molecule has 0 aliphatic carbocycles. The average molecular weight is 440 g/mol. The van der Waals surface area contributed by atoms with E-state index in [9.17, 15) is 14.4 Å². The molecule has 0 spiro atoms. The molecule has 0 unspecified atom stereocenters. The fourth-order valence-corrected chi connectivity index (χ4v) is 3.50. The number of ether oxygens (including phenoxy) is 1. The van der Waals surface area contributed by atoms with Crippen LogP contribution < -0.4 is 9.75 Å². The summed E-state index contributed by atoms with van der Waals surface area (Å²) in [4.78, 5) is 36.9. The Morgan fingerprint density at radius 1 is 0.970 bits per heavy atom. The zero-order chi connectivity index (χ0) is 23.5. The monoisotopic (exact) mass is 440 g/mol. The fourth-order valence-electron chi connectivity index (χ4n) is 3.50. The number of anilines is 1. The van der Waals surface area contributed by atoms with Crippen LogP contribution in [-0.4, -0.2) is 35.6 Å². The van der Waals surface area contributed by atoms with Gasteiger partial charge in [-0.15, -0.1) is 0 Å². The summed E-state index contributed by atoms with van der Waals surface area (Å²) >= 11 is 0. The van der Waals surface area contributed by atoms with Gasteiger partial charge in [-0.2, -0.15) is 10.1 Å². The zero-order valence-electron chi connectivity index (χ0n) is 18.0. The molecule has 0 fully saturated rings. The highest BCUT2D eigenvalue weighted by molar-refractivity contribution is 6.32. The number of amides is 1. The van der Waals surface area contributed by atoms with Crippen molar-refractivity contribution >= 4 is 35.1 Å². The van der Waals surface area contributed by atoms with Crippen LogP contribution in [0.25, 0.3) is 6.08 Å². The smallest absolute Gasteiger partial charge is 0.335 e. The van der Waals surface area contributed by atoms with E-state index in [-0.39, 0.29) is 17.3 Å². The van der Waals surface area contributed by atoms with Crippen LogP contribution in [0.5, 0.6) is 5.75 Å². The first kappa shape index (κ1) is 21.7. The summed E-state index contributed by atoms with van der Waals surface area (Å²) < 4.78 is 5.44. The number of carboxylic acids is 1. The molecule has 0 saturated carbocycles. The van der Waals surface area contributed by atoms with Crippen LogP contribution in [0, 0.1) is 0 Å². The molecule has 1 heterocycles. The van der Waals surface area contributed by atoms with E-state index in [0.29, 0.717) is 39.4 Å². The first-order valence-electron chi connectivity index (χ1n) is 10.1. The number of aromatic carboxylic acids is 1. The van der Waals surface area contributed by atoms with Crippen molar-refractivity contribution in [2.75, 3.05) is 12.1 Å². The number of carboxylic acid groups (broad SMARTS) is 1. The average Bonchev–Trinajstić information content (AvgIpc) is 3.12. The van der Waals surface area contributed by atoms with Gasteiger partial charge >= 0.3 is 5.97 Å². The maximum absolute atomic E-state index is 13.0. The minimum Gasteiger partial charge on any atom is -0.496 e. The van der Waals surface area contributed by atoms with E-state index < -0.39 is 5.97 Å². The van der Waals surface area contributed by atoms with Crippen molar-refractivity contribution in [1.82, 2.24) is 0 Å². The Hall–Kier alpha value is -4.52. The van der Waals surface area contributed by atoms with Crippen LogP contribution in [-0.2, 0) is 4.79 Å². The SMILES string of the molecule is COc1cc(C=C2C(=O)N(c3ccc(C(=O)O)cc3)N=C2C)ccc1C(=O)c1ccccc1. The molecule has 0 saturated heterocycles. The third kappa shape index (κ3) is 4.29. The van der Waals surface area contributed by atoms with Crippen LogP contribution in [0.4, 0.5) is 5.69 Å². The lowest BCUT2D eigenvalue weighted by Gasteiger charge is -2.12. The minimum atomic E-state index is -1.04. The van der Waals surface area contributed by atoms with Gasteiger partial charge in [-0.25, -0.2) is 4.79 Å². The Balaban J connectivity index is 1.62. The van der Waals surface area contributed by atoms with Gasteiger partial charge in [0, 0.05) is 5.56 Å². The lowest BCUT2D eigenvalue weighted by molar-refractivity contribution is -0.114. The second-order valence-corrected chi connectivity index (χ2v) is 7.37. The van der Waals surface area contributed by atoms with E-state index in [2.05, 4.69) is 5.10 Å². The summed E-state index contributed by atoms with van der Waals surface area (Å²) in [7, 11) is 1.49. The highest BCUT2D eigenvalue weighted by Crippen LogP contribution is 2.28. The molecular weight excluding hydrogens is 420 g/mol. The van der Waals surface area contributed by atoms with Crippen molar-refractivity contribution in [2.24, 2.45) is 5.10 Å². The fraction of sp³-hybridized carbons (Fsp3) is 0.0769. The summed E-state index contributed by atoms with van der Waals surface area (Å²) in [6, 6.07) is 20.0. The summed E-state index contributed by atoms with van der Waals surface area (Å²) in [6.07, 6.45) is 1.69. The molecule has 164 valence electrons. The first-order chi connectivity index (χ1) is 15.9. The van der Waals surface area contributed by atoms with Crippen molar-refractivity contribution in [3.05, 3.63) is 101 Å². The normalized spacial score (nSPS) is 14.4. The molecule has 0 atom stereocenters. The van der Waals surface area contributed by atoms with E-state index >= 15 is 0 Å². The lowest BCUT2D eigenvalue weighted by atomic mass is 9.99.